The van der Waals surface area contributed by atoms with Gasteiger partial charge in [-0.05, 0) is 6.42 Å². The highest BCUT2D eigenvalue weighted by Crippen LogP contribution is 2.15. The standard InChI is InChI=1S/C25H42O5/c1-3-4-5-6-7-8-9-10-11-12-13-14-15-16-17-18-19-28-24-21-29-23(26)20-22(2)25(27)30-24/h21H,2-20H2,1H3/b24-21-. The molecule has 0 spiro atoms. The summed E-state index contributed by atoms with van der Waals surface area (Å²) in [5.41, 5.74) is 0.0663. The zero-order valence-corrected chi connectivity index (χ0v) is 19.1. The Morgan fingerprint density at radius 3 is 1.77 bits per heavy atom. The first-order valence-electron chi connectivity index (χ1n) is 12.1. The summed E-state index contributed by atoms with van der Waals surface area (Å²) in [6.45, 7) is 6.21. The van der Waals surface area contributed by atoms with Crippen molar-refractivity contribution in [2.75, 3.05) is 6.61 Å². The van der Waals surface area contributed by atoms with E-state index in [9.17, 15) is 9.59 Å². The van der Waals surface area contributed by atoms with E-state index < -0.39 is 11.9 Å². The Morgan fingerprint density at radius 2 is 1.27 bits per heavy atom. The third-order valence-electron chi connectivity index (χ3n) is 5.37. The SMILES string of the molecule is C=C1CC(=O)O/C=C(/OCCCCCCCCCCCCCCCCCC)OC1=O. The number of rotatable bonds is 18. The lowest BCUT2D eigenvalue weighted by atomic mass is 10.0. The van der Waals surface area contributed by atoms with Crippen molar-refractivity contribution in [2.24, 2.45) is 0 Å². The van der Waals surface area contributed by atoms with Crippen molar-refractivity contribution in [3.05, 3.63) is 24.4 Å². The van der Waals surface area contributed by atoms with Gasteiger partial charge in [0.2, 0.25) is 0 Å². The minimum absolute atomic E-state index is 0.0663. The lowest BCUT2D eigenvalue weighted by Crippen LogP contribution is -2.16. The molecule has 0 aromatic heterocycles. The number of hydrogen-bond acceptors (Lipinski definition) is 5. The van der Waals surface area contributed by atoms with E-state index in [2.05, 4.69) is 13.5 Å². The van der Waals surface area contributed by atoms with Gasteiger partial charge in [0, 0.05) is 5.57 Å². The molecule has 0 aromatic carbocycles. The molecule has 0 aromatic rings. The highest BCUT2D eigenvalue weighted by molar-refractivity contribution is 5.94. The van der Waals surface area contributed by atoms with Crippen molar-refractivity contribution in [2.45, 2.75) is 116 Å². The normalized spacial score (nSPS) is 16.3. The molecule has 0 saturated carbocycles. The van der Waals surface area contributed by atoms with Crippen LogP contribution < -0.4 is 0 Å². The number of unbranched alkanes of at least 4 members (excludes halogenated alkanes) is 15. The molecule has 5 nitrogen and oxygen atoms in total. The van der Waals surface area contributed by atoms with Gasteiger partial charge in [-0.15, -0.1) is 0 Å². The fraction of sp³-hybridized carbons (Fsp3) is 0.760. The van der Waals surface area contributed by atoms with Crippen molar-refractivity contribution in [1.82, 2.24) is 0 Å². The molecule has 0 radical (unpaired) electrons. The first-order chi connectivity index (χ1) is 14.6. The first-order valence-corrected chi connectivity index (χ1v) is 12.1. The van der Waals surface area contributed by atoms with Gasteiger partial charge >= 0.3 is 17.9 Å². The maximum absolute atomic E-state index is 11.7. The molecule has 0 fully saturated rings. The quantitative estimate of drug-likeness (QED) is 0.134. The van der Waals surface area contributed by atoms with Crippen molar-refractivity contribution < 1.29 is 23.8 Å². The van der Waals surface area contributed by atoms with Gasteiger partial charge in [0.05, 0.1) is 13.0 Å². The first kappa shape index (κ1) is 26.3. The Hall–Kier alpha value is -1.78. The third-order valence-corrected chi connectivity index (χ3v) is 5.37. The molecule has 0 bridgehead atoms. The molecule has 30 heavy (non-hydrogen) atoms. The molecule has 0 amide bonds. The second kappa shape index (κ2) is 18.0. The molecule has 5 heteroatoms. The molecule has 0 atom stereocenters. The van der Waals surface area contributed by atoms with E-state index in [1.807, 2.05) is 0 Å². The minimum Gasteiger partial charge on any atom is -0.463 e. The highest BCUT2D eigenvalue weighted by atomic mass is 16.7. The second-order valence-corrected chi connectivity index (χ2v) is 8.25. The van der Waals surface area contributed by atoms with Crippen molar-refractivity contribution >= 4 is 11.9 Å². The van der Waals surface area contributed by atoms with Crippen LogP contribution in [0, 0.1) is 0 Å². The maximum atomic E-state index is 11.7. The van der Waals surface area contributed by atoms with Crippen LogP contribution in [-0.2, 0) is 23.8 Å². The zero-order chi connectivity index (χ0) is 21.9. The zero-order valence-electron chi connectivity index (χ0n) is 19.1. The molecular weight excluding hydrogens is 380 g/mol. The monoisotopic (exact) mass is 422 g/mol. The van der Waals surface area contributed by atoms with Gasteiger partial charge in [0.1, 0.15) is 0 Å². The summed E-state index contributed by atoms with van der Waals surface area (Å²) in [6, 6.07) is 0. The van der Waals surface area contributed by atoms with Crippen LogP contribution >= 0.6 is 0 Å². The summed E-state index contributed by atoms with van der Waals surface area (Å²) < 4.78 is 15.2. The van der Waals surface area contributed by atoms with Gasteiger partial charge in [-0.1, -0.05) is 110 Å². The number of carbonyl (C=O) groups excluding carboxylic acids is 2. The number of hydrogen-bond donors (Lipinski definition) is 0. The van der Waals surface area contributed by atoms with Gasteiger partial charge in [-0.3, -0.25) is 4.79 Å². The maximum Gasteiger partial charge on any atom is 0.341 e. The van der Waals surface area contributed by atoms with Gasteiger partial charge in [-0.25, -0.2) is 4.79 Å². The fourth-order valence-corrected chi connectivity index (χ4v) is 3.48. The van der Waals surface area contributed by atoms with E-state index in [4.69, 9.17) is 14.2 Å². The molecule has 1 aliphatic rings. The molecule has 0 N–H and O–H groups in total. The number of carbonyl (C=O) groups is 2. The largest absolute Gasteiger partial charge is 0.463 e. The van der Waals surface area contributed by atoms with Crippen LogP contribution in [0.2, 0.25) is 0 Å². The van der Waals surface area contributed by atoms with Crippen LogP contribution in [0.1, 0.15) is 116 Å². The fourth-order valence-electron chi connectivity index (χ4n) is 3.48. The van der Waals surface area contributed by atoms with Crippen molar-refractivity contribution in [3.63, 3.8) is 0 Å². The Balaban J connectivity index is 1.87. The summed E-state index contributed by atoms with van der Waals surface area (Å²) in [7, 11) is 0. The van der Waals surface area contributed by atoms with Gasteiger partial charge < -0.3 is 14.2 Å². The van der Waals surface area contributed by atoms with Crippen LogP contribution in [0.5, 0.6) is 0 Å². The highest BCUT2D eigenvalue weighted by Gasteiger charge is 2.20. The molecule has 0 unspecified atom stereocenters. The van der Waals surface area contributed by atoms with E-state index >= 15 is 0 Å². The van der Waals surface area contributed by atoms with E-state index in [0.717, 1.165) is 19.1 Å². The Kier molecular flexibility index (Phi) is 15.8. The summed E-state index contributed by atoms with van der Waals surface area (Å²) >= 11 is 0. The Labute approximate surface area is 183 Å². The van der Waals surface area contributed by atoms with E-state index in [-0.39, 0.29) is 17.9 Å². The van der Waals surface area contributed by atoms with E-state index in [0.29, 0.717) is 6.61 Å². The Bertz CT molecular complexity index is 524. The predicted octanol–water partition coefficient (Wildman–Crippen LogP) is 7.11. The smallest absolute Gasteiger partial charge is 0.341 e. The van der Waals surface area contributed by atoms with Crippen LogP contribution in [0.4, 0.5) is 0 Å². The lowest BCUT2D eigenvalue weighted by molar-refractivity contribution is -0.148. The lowest BCUT2D eigenvalue weighted by Gasteiger charge is -2.13. The number of cyclic esters (lactones) is 2. The second-order valence-electron chi connectivity index (χ2n) is 8.25. The van der Waals surface area contributed by atoms with Crippen molar-refractivity contribution in [1.29, 1.82) is 0 Å². The molecule has 0 saturated heterocycles. The average Bonchev–Trinajstić information content (AvgIpc) is 2.73. The molecule has 0 aliphatic carbocycles. The molecule has 1 rings (SSSR count). The average molecular weight is 423 g/mol. The molecule has 1 aliphatic heterocycles. The Morgan fingerprint density at radius 1 is 0.800 bits per heavy atom. The van der Waals surface area contributed by atoms with Crippen LogP contribution in [0.3, 0.4) is 0 Å². The van der Waals surface area contributed by atoms with Crippen molar-refractivity contribution in [3.8, 4) is 0 Å². The van der Waals surface area contributed by atoms with Crippen LogP contribution in [0.15, 0.2) is 24.4 Å². The number of esters is 2. The molecule has 172 valence electrons. The van der Waals surface area contributed by atoms with E-state index in [1.165, 1.54) is 89.9 Å². The summed E-state index contributed by atoms with van der Waals surface area (Å²) in [5.74, 6) is -1.26. The third kappa shape index (κ3) is 14.2. The van der Waals surface area contributed by atoms with Gasteiger partial charge in [-0.2, -0.15) is 0 Å². The summed E-state index contributed by atoms with van der Waals surface area (Å²) in [6.07, 6.45) is 21.9. The summed E-state index contributed by atoms with van der Waals surface area (Å²) in [4.78, 5) is 23.0. The van der Waals surface area contributed by atoms with Crippen LogP contribution in [-0.4, -0.2) is 18.5 Å². The van der Waals surface area contributed by atoms with Crippen LogP contribution in [0.25, 0.3) is 0 Å². The molecular formula is C25H42O5. The predicted molar refractivity (Wildman–Crippen MR) is 120 cm³/mol. The van der Waals surface area contributed by atoms with Gasteiger partial charge in [0.15, 0.2) is 6.26 Å². The minimum atomic E-state index is -0.648. The number of ether oxygens (including phenoxy) is 3. The van der Waals surface area contributed by atoms with Gasteiger partial charge in [0.25, 0.3) is 0 Å². The topological polar surface area (TPSA) is 61.8 Å². The summed E-state index contributed by atoms with van der Waals surface area (Å²) in [5, 5.41) is 0. The molecule has 1 heterocycles. The van der Waals surface area contributed by atoms with E-state index in [1.54, 1.807) is 0 Å².